The predicted octanol–water partition coefficient (Wildman–Crippen LogP) is 3.60. The molecule has 0 aliphatic carbocycles. The number of aliphatic hydroxyl groups is 2. The van der Waals surface area contributed by atoms with Crippen molar-refractivity contribution in [2.75, 3.05) is 13.7 Å². The largest absolute Gasteiger partial charge is 0.495 e. The van der Waals surface area contributed by atoms with Crippen LogP contribution in [0.1, 0.15) is 52.8 Å². The van der Waals surface area contributed by atoms with Gasteiger partial charge in [-0.1, -0.05) is 41.5 Å². The number of methoxy groups -OCH3 is 1. The molecule has 0 saturated carbocycles. The van der Waals surface area contributed by atoms with Gasteiger partial charge in [-0.3, -0.25) is 0 Å². The van der Waals surface area contributed by atoms with Crippen LogP contribution >= 0.6 is 0 Å². The highest BCUT2D eigenvalue weighted by molar-refractivity contribution is 5.88. The molecule has 0 saturated heterocycles. The van der Waals surface area contributed by atoms with Crippen LogP contribution in [0.3, 0.4) is 0 Å². The van der Waals surface area contributed by atoms with E-state index in [1.807, 2.05) is 0 Å². The summed E-state index contributed by atoms with van der Waals surface area (Å²) in [5, 5.41) is 20.4. The Morgan fingerprint density at radius 3 is 2.12 bits per heavy atom. The number of nitrogens with zero attached hydrogens (tertiary/aromatic N) is 1. The second-order valence-corrected chi connectivity index (χ2v) is 8.59. The summed E-state index contributed by atoms with van der Waals surface area (Å²) < 4.78 is 7.77. The van der Waals surface area contributed by atoms with Gasteiger partial charge in [-0.15, -0.1) is 0 Å². The topological polar surface area (TPSA) is 54.6 Å². The van der Waals surface area contributed by atoms with E-state index in [4.69, 9.17) is 4.74 Å². The van der Waals surface area contributed by atoms with Crippen LogP contribution < -0.4 is 4.74 Å². The van der Waals surface area contributed by atoms with Gasteiger partial charge in [-0.25, -0.2) is 0 Å². The van der Waals surface area contributed by atoms with Crippen molar-refractivity contribution in [1.29, 1.82) is 0 Å². The Bertz CT molecular complexity index is 717. The van der Waals surface area contributed by atoms with E-state index in [0.717, 1.165) is 22.3 Å². The van der Waals surface area contributed by atoms with Gasteiger partial charge in [-0.05, 0) is 29.2 Å². The molecule has 0 radical (unpaired) electrons. The third-order valence-corrected chi connectivity index (χ3v) is 4.42. The number of fused-ring (bicyclic) bond motifs is 1. The first-order valence-corrected chi connectivity index (χ1v) is 8.50. The van der Waals surface area contributed by atoms with Gasteiger partial charge in [0.1, 0.15) is 5.75 Å². The van der Waals surface area contributed by atoms with Crippen molar-refractivity contribution in [1.82, 2.24) is 4.57 Å². The quantitative estimate of drug-likeness (QED) is 0.899. The smallest absolute Gasteiger partial charge is 0.143 e. The average Bonchev–Trinajstić information content (AvgIpc) is 2.84. The Hall–Kier alpha value is -1.52. The van der Waals surface area contributed by atoms with Crippen LogP contribution in [0.2, 0.25) is 0 Å². The van der Waals surface area contributed by atoms with Crippen molar-refractivity contribution in [3.63, 3.8) is 0 Å². The average molecular weight is 333 g/mol. The molecule has 4 nitrogen and oxygen atoms in total. The van der Waals surface area contributed by atoms with Crippen LogP contribution in [0, 0.1) is 0 Å². The second kappa shape index (κ2) is 6.41. The Morgan fingerprint density at radius 1 is 1.04 bits per heavy atom. The van der Waals surface area contributed by atoms with Gasteiger partial charge in [0.25, 0.3) is 0 Å². The summed E-state index contributed by atoms with van der Waals surface area (Å²) in [6.07, 6.45) is -0.798. The minimum atomic E-state index is -0.798. The standard InChI is InChI=1S/C20H31NO3/c1-19(2,3)14-8-13-9-17(20(4,5)6)21(11-15(23)12-22)18(13)16(10-14)24-7/h8-10,15,22-23H,11-12H2,1-7H3. The maximum Gasteiger partial charge on any atom is 0.143 e. The first-order chi connectivity index (χ1) is 11.0. The lowest BCUT2D eigenvalue weighted by Crippen LogP contribution is -2.25. The molecule has 2 N–H and O–H groups in total. The highest BCUT2D eigenvalue weighted by Gasteiger charge is 2.25. The van der Waals surface area contributed by atoms with Crippen molar-refractivity contribution in [3.05, 3.63) is 29.5 Å². The van der Waals surface area contributed by atoms with E-state index in [0.29, 0.717) is 6.54 Å². The van der Waals surface area contributed by atoms with Gasteiger partial charge in [0, 0.05) is 16.5 Å². The molecule has 0 spiro atoms. The van der Waals surface area contributed by atoms with Gasteiger partial charge in [0.15, 0.2) is 0 Å². The summed E-state index contributed by atoms with van der Waals surface area (Å²) >= 11 is 0. The summed E-state index contributed by atoms with van der Waals surface area (Å²) in [5.41, 5.74) is 3.25. The SMILES string of the molecule is COc1cc(C(C)(C)C)cc2cc(C(C)(C)C)n(CC(O)CO)c12. The predicted molar refractivity (Wildman–Crippen MR) is 99.0 cm³/mol. The normalized spacial score (nSPS) is 14.2. The Morgan fingerprint density at radius 2 is 1.67 bits per heavy atom. The molecule has 2 aromatic rings. The first kappa shape index (κ1) is 18.8. The van der Waals surface area contributed by atoms with Crippen molar-refractivity contribution < 1.29 is 14.9 Å². The van der Waals surface area contributed by atoms with Crippen molar-refractivity contribution in [2.45, 2.75) is 65.0 Å². The zero-order valence-corrected chi connectivity index (χ0v) is 16.0. The van der Waals surface area contributed by atoms with E-state index in [-0.39, 0.29) is 17.4 Å². The Kier molecular flexibility index (Phi) is 5.03. The van der Waals surface area contributed by atoms with Crippen LogP contribution in [0.5, 0.6) is 5.75 Å². The molecular formula is C20H31NO3. The number of ether oxygens (including phenoxy) is 1. The summed E-state index contributed by atoms with van der Waals surface area (Å²) in [7, 11) is 1.68. The molecule has 0 bridgehead atoms. The number of hydrogen-bond acceptors (Lipinski definition) is 3. The minimum Gasteiger partial charge on any atom is -0.495 e. The third kappa shape index (κ3) is 3.60. The number of benzene rings is 1. The van der Waals surface area contributed by atoms with Gasteiger partial charge in [0.05, 0.1) is 31.9 Å². The van der Waals surface area contributed by atoms with Crippen LogP contribution in [-0.2, 0) is 17.4 Å². The number of aliphatic hydroxyl groups excluding tert-OH is 2. The molecular weight excluding hydrogens is 302 g/mol. The molecule has 1 aromatic heterocycles. The molecule has 0 aliphatic rings. The van der Waals surface area contributed by atoms with Gasteiger partial charge in [0.2, 0.25) is 0 Å². The maximum absolute atomic E-state index is 10.0. The zero-order chi connectivity index (χ0) is 18.3. The molecule has 1 heterocycles. The number of hydrogen-bond donors (Lipinski definition) is 2. The zero-order valence-electron chi connectivity index (χ0n) is 16.0. The van der Waals surface area contributed by atoms with E-state index < -0.39 is 6.10 Å². The Balaban J connectivity index is 2.80. The van der Waals surface area contributed by atoms with Crippen molar-refractivity contribution in [2.24, 2.45) is 0 Å². The van der Waals surface area contributed by atoms with Gasteiger partial charge < -0.3 is 19.5 Å². The van der Waals surface area contributed by atoms with E-state index in [1.54, 1.807) is 7.11 Å². The van der Waals surface area contributed by atoms with Crippen LogP contribution in [-0.4, -0.2) is 34.6 Å². The summed E-state index contributed by atoms with van der Waals surface area (Å²) in [6, 6.07) is 6.46. The molecule has 1 unspecified atom stereocenters. The summed E-state index contributed by atoms with van der Waals surface area (Å²) in [5.74, 6) is 0.804. The van der Waals surface area contributed by atoms with E-state index >= 15 is 0 Å². The molecule has 4 heteroatoms. The summed E-state index contributed by atoms with van der Waals surface area (Å²) in [4.78, 5) is 0. The fourth-order valence-electron chi connectivity index (χ4n) is 3.04. The van der Waals surface area contributed by atoms with Crippen molar-refractivity contribution >= 4 is 10.9 Å². The van der Waals surface area contributed by atoms with Crippen LogP contribution in [0.15, 0.2) is 18.2 Å². The van der Waals surface area contributed by atoms with E-state index in [2.05, 4.69) is 64.3 Å². The van der Waals surface area contributed by atoms with Crippen LogP contribution in [0.4, 0.5) is 0 Å². The third-order valence-electron chi connectivity index (χ3n) is 4.42. The monoisotopic (exact) mass is 333 g/mol. The fourth-order valence-corrected chi connectivity index (χ4v) is 3.04. The molecule has 0 fully saturated rings. The van der Waals surface area contributed by atoms with Gasteiger partial charge in [-0.2, -0.15) is 0 Å². The lowest BCUT2D eigenvalue weighted by Gasteiger charge is -2.24. The highest BCUT2D eigenvalue weighted by atomic mass is 16.5. The molecule has 0 aliphatic heterocycles. The molecule has 1 atom stereocenters. The molecule has 2 rings (SSSR count). The second-order valence-electron chi connectivity index (χ2n) is 8.59. The molecule has 134 valence electrons. The maximum atomic E-state index is 10.0. The van der Waals surface area contributed by atoms with Crippen molar-refractivity contribution in [3.8, 4) is 5.75 Å². The van der Waals surface area contributed by atoms with E-state index in [1.165, 1.54) is 5.56 Å². The highest BCUT2D eigenvalue weighted by Crippen LogP contribution is 2.38. The molecule has 0 amide bonds. The van der Waals surface area contributed by atoms with Gasteiger partial charge >= 0.3 is 0 Å². The van der Waals surface area contributed by atoms with E-state index in [9.17, 15) is 10.2 Å². The summed E-state index contributed by atoms with van der Waals surface area (Å²) in [6.45, 7) is 13.1. The Labute approximate surface area is 145 Å². The number of rotatable bonds is 4. The first-order valence-electron chi connectivity index (χ1n) is 8.50. The fraction of sp³-hybridized carbons (Fsp3) is 0.600. The van der Waals surface area contributed by atoms with Crippen LogP contribution in [0.25, 0.3) is 10.9 Å². The lowest BCUT2D eigenvalue weighted by molar-refractivity contribution is 0.0809. The number of aromatic nitrogens is 1. The molecule has 1 aromatic carbocycles. The minimum absolute atomic E-state index is 0.0239. The molecule has 24 heavy (non-hydrogen) atoms. The lowest BCUT2D eigenvalue weighted by atomic mass is 9.86.